The van der Waals surface area contributed by atoms with Crippen LogP contribution in [0.5, 0.6) is 0 Å². The lowest BCUT2D eigenvalue weighted by molar-refractivity contribution is -0.144. The average Bonchev–Trinajstić information content (AvgIpc) is 3.84. The van der Waals surface area contributed by atoms with E-state index >= 15 is 0 Å². The van der Waals surface area contributed by atoms with E-state index in [4.69, 9.17) is 0 Å². The Hall–Kier alpha value is -6.60. The molecule has 0 bridgehead atoms. The first-order valence-corrected chi connectivity index (χ1v) is 30.5. The first-order chi connectivity index (χ1) is 39.3. The van der Waals surface area contributed by atoms with Gasteiger partial charge in [-0.3, -0.25) is 33.2 Å². The zero-order valence-electron chi connectivity index (χ0n) is 49.2. The molecule has 0 radical (unpaired) electrons. The van der Waals surface area contributed by atoms with Gasteiger partial charge in [0.2, 0.25) is 23.6 Å². The summed E-state index contributed by atoms with van der Waals surface area (Å²) >= 11 is 1.59. The SMILES string of the molecule is Cc1ncsc1-c1ccc([C@H](C)NC(=O)[C@@H]2C[C@@H](O)CN2C(=O)[C@@H](NC(=O)CCCCCCCCCCCNCc2ccc(-c3c4ncn(CC5(O)CCN(C(=O)C[C@@H](C)c6ccccc6)CC5)c(=O)c4nn3C)cc2)C(C)(C)C)cc1. The predicted molar refractivity (Wildman–Crippen MR) is 323 cm³/mol. The van der Waals surface area contributed by atoms with Crippen molar-refractivity contribution >= 4 is 46.0 Å². The molecule has 0 saturated carbocycles. The number of benzene rings is 3. The number of hydrogen-bond donors (Lipinski definition) is 5. The Morgan fingerprint density at radius 3 is 2.10 bits per heavy atom. The van der Waals surface area contributed by atoms with Crippen molar-refractivity contribution in [3.8, 4) is 21.7 Å². The number of amides is 4. The Morgan fingerprint density at radius 1 is 0.805 bits per heavy atom. The molecule has 2 fully saturated rings. The van der Waals surface area contributed by atoms with E-state index in [1.54, 1.807) is 16.0 Å². The number of aryl methyl sites for hydroxylation is 2. The molecule has 82 heavy (non-hydrogen) atoms. The highest BCUT2D eigenvalue weighted by Crippen LogP contribution is 2.32. The van der Waals surface area contributed by atoms with E-state index < -0.39 is 29.2 Å². The molecule has 440 valence electrons. The molecule has 5 atom stereocenters. The second kappa shape index (κ2) is 28.1. The van der Waals surface area contributed by atoms with Crippen molar-refractivity contribution in [3.63, 3.8) is 0 Å². The molecule has 2 saturated heterocycles. The predicted octanol–water partition coefficient (Wildman–Crippen LogP) is 9.14. The summed E-state index contributed by atoms with van der Waals surface area (Å²) in [6.07, 6.45) is 11.8. The largest absolute Gasteiger partial charge is 0.391 e. The van der Waals surface area contributed by atoms with Crippen LogP contribution in [-0.2, 0) is 39.3 Å². The molecule has 3 aromatic carbocycles. The van der Waals surface area contributed by atoms with Crippen LogP contribution in [0.4, 0.5) is 0 Å². The van der Waals surface area contributed by atoms with Crippen LogP contribution in [0, 0.1) is 12.3 Å². The number of nitrogens with one attached hydrogen (secondary N) is 3. The molecule has 8 rings (SSSR count). The number of aliphatic hydroxyl groups is 2. The van der Waals surface area contributed by atoms with Gasteiger partial charge in [-0.1, -0.05) is 152 Å². The van der Waals surface area contributed by atoms with E-state index in [0.29, 0.717) is 44.3 Å². The van der Waals surface area contributed by atoms with E-state index in [9.17, 15) is 34.2 Å². The van der Waals surface area contributed by atoms with E-state index in [2.05, 4.69) is 50.1 Å². The van der Waals surface area contributed by atoms with Gasteiger partial charge in [-0.25, -0.2) is 9.97 Å². The third kappa shape index (κ3) is 15.9. The third-order valence-corrected chi connectivity index (χ3v) is 17.5. The third-order valence-electron chi connectivity index (χ3n) is 16.5. The van der Waals surface area contributed by atoms with Crippen molar-refractivity contribution in [1.82, 2.24) is 50.1 Å². The number of likely N-dealkylation sites (tertiary alicyclic amines) is 2. The molecule has 5 N–H and O–H groups in total. The van der Waals surface area contributed by atoms with Crippen LogP contribution in [0.2, 0.25) is 0 Å². The zero-order valence-corrected chi connectivity index (χ0v) is 50.0. The standard InChI is InChI=1S/C64H86N10O7S/c1-43(47-20-16-15-17-21-47)36-54(77)72-34-31-64(81,32-35-72)40-73-41-66-55-56(61(73)79)70-71(7)57(55)49-25-23-46(24-26-49)38-65-33-19-14-12-10-8-9-11-13-18-22-53(76)69-59(63(4,5)6)62(80)74-39-51(75)37-52(74)60(78)68-44(2)48-27-29-50(30-28-48)58-45(3)67-42-82-58/h15-17,20-21,23-30,41-44,51-52,59,65,75,81H,8-14,18-19,22,31-40H2,1-7H3,(H,68,78)(H,69,76)/t43-,44+,51-,52+,59-/m1/s1. The van der Waals surface area contributed by atoms with Gasteiger partial charge >= 0.3 is 0 Å². The van der Waals surface area contributed by atoms with Crippen LogP contribution in [0.3, 0.4) is 0 Å². The van der Waals surface area contributed by atoms with Gasteiger partial charge in [-0.2, -0.15) is 5.10 Å². The fourth-order valence-electron chi connectivity index (χ4n) is 11.5. The van der Waals surface area contributed by atoms with Crippen molar-refractivity contribution in [1.29, 1.82) is 0 Å². The van der Waals surface area contributed by atoms with Crippen LogP contribution in [0.25, 0.3) is 32.7 Å². The smallest absolute Gasteiger partial charge is 0.281 e. The maximum Gasteiger partial charge on any atom is 0.281 e. The summed E-state index contributed by atoms with van der Waals surface area (Å²) in [4.78, 5) is 81.4. The topological polar surface area (TPSA) is 217 Å². The second-order valence-corrected chi connectivity index (χ2v) is 25.0. The molecular weight excluding hydrogens is 1050 g/mol. The molecule has 3 aromatic heterocycles. The fourth-order valence-corrected chi connectivity index (χ4v) is 12.3. The van der Waals surface area contributed by atoms with E-state index in [1.165, 1.54) is 28.6 Å². The molecular formula is C64H86N10O7S. The molecule has 6 aromatic rings. The van der Waals surface area contributed by atoms with E-state index in [0.717, 1.165) is 102 Å². The van der Waals surface area contributed by atoms with Gasteiger partial charge in [0.05, 0.1) is 52.4 Å². The number of carbonyl (C=O) groups is 4. The molecule has 18 heteroatoms. The monoisotopic (exact) mass is 1140 g/mol. The van der Waals surface area contributed by atoms with Gasteiger partial charge in [0, 0.05) is 58.1 Å². The first kappa shape index (κ1) is 61.5. The zero-order chi connectivity index (χ0) is 58.6. The molecule has 0 unspecified atom stereocenters. The van der Waals surface area contributed by atoms with Crippen LogP contribution < -0.4 is 21.5 Å². The Balaban J connectivity index is 0.682. The quantitative estimate of drug-likeness (QED) is 0.0323. The summed E-state index contributed by atoms with van der Waals surface area (Å²) in [5, 5.41) is 36.5. The molecule has 17 nitrogen and oxygen atoms in total. The van der Waals surface area contributed by atoms with Gasteiger partial charge < -0.3 is 36.0 Å². The maximum absolute atomic E-state index is 14.1. The minimum absolute atomic E-state index is 0.0311. The molecule has 4 amide bonds. The minimum Gasteiger partial charge on any atom is -0.391 e. The highest BCUT2D eigenvalue weighted by atomic mass is 32.1. The molecule has 2 aliphatic heterocycles. The number of β-amino-alcohol motifs (C(OH)–C–C–N with tert-alkyl or cyclic N) is 1. The Kier molecular flexibility index (Phi) is 21.1. The number of carbonyl (C=O) groups excluding carboxylic acids is 4. The first-order valence-electron chi connectivity index (χ1n) is 29.6. The van der Waals surface area contributed by atoms with Crippen LogP contribution >= 0.6 is 11.3 Å². The number of unbranched alkanes of at least 4 members (excludes halogenated alkanes) is 8. The van der Waals surface area contributed by atoms with Gasteiger partial charge in [0.1, 0.15) is 17.6 Å². The van der Waals surface area contributed by atoms with Gasteiger partial charge in [0.15, 0.2) is 5.52 Å². The van der Waals surface area contributed by atoms with Crippen molar-refractivity contribution in [2.75, 3.05) is 26.2 Å². The van der Waals surface area contributed by atoms with Crippen molar-refractivity contribution in [3.05, 3.63) is 123 Å². The van der Waals surface area contributed by atoms with Gasteiger partial charge in [-0.05, 0) is 79.7 Å². The normalized spacial score (nSPS) is 17.4. The lowest BCUT2D eigenvalue weighted by atomic mass is 9.85. The second-order valence-electron chi connectivity index (χ2n) is 24.2. The van der Waals surface area contributed by atoms with Crippen LogP contribution in [0.1, 0.15) is 159 Å². The summed E-state index contributed by atoms with van der Waals surface area (Å²) < 4.78 is 3.15. The summed E-state index contributed by atoms with van der Waals surface area (Å²) in [6.45, 7) is 14.3. The fraction of sp³-hybridized carbons (Fsp3) is 0.531. The van der Waals surface area contributed by atoms with Crippen LogP contribution in [-0.4, -0.2) is 118 Å². The molecule has 2 aliphatic rings. The maximum atomic E-state index is 14.1. The number of piperidine rings is 1. The molecule has 0 spiro atoms. The molecule has 5 heterocycles. The van der Waals surface area contributed by atoms with E-state index in [1.807, 2.05) is 119 Å². The van der Waals surface area contributed by atoms with Crippen LogP contribution in [0.15, 0.2) is 95.5 Å². The number of hydrogen-bond acceptors (Lipinski definition) is 12. The summed E-state index contributed by atoms with van der Waals surface area (Å²) in [5.41, 5.74) is 7.44. The van der Waals surface area contributed by atoms with Crippen molar-refractivity contribution in [2.24, 2.45) is 12.5 Å². The molecule has 0 aliphatic carbocycles. The Labute approximate surface area is 487 Å². The lowest BCUT2D eigenvalue weighted by Gasteiger charge is -2.38. The number of rotatable bonds is 26. The number of fused-ring (bicyclic) bond motifs is 1. The number of nitrogens with zero attached hydrogens (tertiary/aromatic N) is 7. The minimum atomic E-state index is -1.14. The van der Waals surface area contributed by atoms with Gasteiger partial charge in [-0.15, -0.1) is 11.3 Å². The number of aliphatic hydroxyl groups excluding tert-OH is 1. The van der Waals surface area contributed by atoms with Crippen molar-refractivity contribution in [2.45, 2.75) is 180 Å². The lowest BCUT2D eigenvalue weighted by Crippen LogP contribution is -2.57. The number of aromatic nitrogens is 5. The summed E-state index contributed by atoms with van der Waals surface area (Å²) in [6, 6.07) is 24.3. The van der Waals surface area contributed by atoms with E-state index in [-0.39, 0.29) is 66.2 Å². The highest BCUT2D eigenvalue weighted by molar-refractivity contribution is 7.13. The van der Waals surface area contributed by atoms with Crippen molar-refractivity contribution < 1.29 is 29.4 Å². The number of thiazole rings is 1. The Morgan fingerprint density at radius 2 is 1.45 bits per heavy atom. The summed E-state index contributed by atoms with van der Waals surface area (Å²) in [5.74, 6) is -0.692. The van der Waals surface area contributed by atoms with Gasteiger partial charge in [0.25, 0.3) is 5.56 Å². The average molecular weight is 1140 g/mol. The Bertz CT molecular complexity index is 3140. The highest BCUT2D eigenvalue weighted by Gasteiger charge is 2.45. The summed E-state index contributed by atoms with van der Waals surface area (Å²) in [7, 11) is 1.81.